The topological polar surface area (TPSA) is 86.4 Å². The normalized spacial score (nSPS) is 15.1. The maximum Gasteiger partial charge on any atom is 0.256 e. The smallest absolute Gasteiger partial charge is 0.256 e. The summed E-state index contributed by atoms with van der Waals surface area (Å²) in [7, 11) is 2.87. The zero-order valence-corrected chi connectivity index (χ0v) is 18.5. The van der Waals surface area contributed by atoms with E-state index >= 15 is 0 Å². The van der Waals surface area contributed by atoms with Crippen LogP contribution in [-0.2, 0) is 19.1 Å². The average Bonchev–Trinajstić information content (AvgIpc) is 2.99. The van der Waals surface area contributed by atoms with Gasteiger partial charge in [0.2, 0.25) is 12.3 Å². The van der Waals surface area contributed by atoms with Crippen LogP contribution in [0.2, 0.25) is 0 Å². The molecule has 0 spiro atoms. The van der Waals surface area contributed by atoms with Crippen molar-refractivity contribution in [2.75, 3.05) is 63.3 Å². The standard InChI is InChI=1S/C19H27F2N5O4S/c1-13(28)26-7-6-24(5-4-23-26)18-16(20)8-14(9-17(18)21)25(12-27)11-15(29-2)10-22-19(31)30-3/h8-9,12,15,23H,4-7,10-11H2,1-3H3,(H,22,31)/t15-/m0/s1. The van der Waals surface area contributed by atoms with Gasteiger partial charge in [-0.05, 0) is 24.4 Å². The molecule has 0 aliphatic carbocycles. The maximum atomic E-state index is 14.9. The van der Waals surface area contributed by atoms with Gasteiger partial charge in [0.25, 0.3) is 5.17 Å². The van der Waals surface area contributed by atoms with E-state index in [1.807, 2.05) is 0 Å². The number of ether oxygens (including phenoxy) is 2. The number of hydrogen-bond donors (Lipinski definition) is 2. The molecule has 2 amide bonds. The Kier molecular flexibility index (Phi) is 9.34. The van der Waals surface area contributed by atoms with E-state index in [9.17, 15) is 18.4 Å². The van der Waals surface area contributed by atoms with Crippen molar-refractivity contribution in [3.63, 3.8) is 0 Å². The quantitative estimate of drug-likeness (QED) is 0.433. The third-order valence-electron chi connectivity index (χ3n) is 4.83. The first-order valence-electron chi connectivity index (χ1n) is 9.62. The van der Waals surface area contributed by atoms with Gasteiger partial charge in [-0.25, -0.2) is 14.2 Å². The van der Waals surface area contributed by atoms with Crippen LogP contribution in [0.15, 0.2) is 12.1 Å². The van der Waals surface area contributed by atoms with Gasteiger partial charge in [0.15, 0.2) is 11.6 Å². The van der Waals surface area contributed by atoms with Gasteiger partial charge in [0.1, 0.15) is 5.69 Å². The van der Waals surface area contributed by atoms with Crippen molar-refractivity contribution in [2.24, 2.45) is 0 Å². The Balaban J connectivity index is 2.16. The molecule has 9 nitrogen and oxygen atoms in total. The summed E-state index contributed by atoms with van der Waals surface area (Å²) >= 11 is 4.90. The van der Waals surface area contributed by atoms with E-state index in [1.54, 1.807) is 0 Å². The molecule has 1 saturated heterocycles. The molecule has 1 aromatic rings. The van der Waals surface area contributed by atoms with Gasteiger partial charge in [0, 0.05) is 45.9 Å². The van der Waals surface area contributed by atoms with Gasteiger partial charge < -0.3 is 24.6 Å². The predicted molar refractivity (Wildman–Crippen MR) is 116 cm³/mol. The van der Waals surface area contributed by atoms with Gasteiger partial charge in [-0.2, -0.15) is 0 Å². The first-order chi connectivity index (χ1) is 14.8. The van der Waals surface area contributed by atoms with Gasteiger partial charge in [-0.3, -0.25) is 14.6 Å². The number of carbonyl (C=O) groups excluding carboxylic acids is 2. The number of hydrogen-bond acceptors (Lipinski definition) is 7. The highest BCUT2D eigenvalue weighted by Crippen LogP contribution is 2.29. The fraction of sp³-hybridized carbons (Fsp3) is 0.526. The largest absolute Gasteiger partial charge is 0.474 e. The molecular formula is C19H27F2N5O4S. The highest BCUT2D eigenvalue weighted by molar-refractivity contribution is 7.80. The molecule has 1 aromatic carbocycles. The molecule has 31 heavy (non-hydrogen) atoms. The van der Waals surface area contributed by atoms with Crippen molar-refractivity contribution in [3.05, 3.63) is 23.8 Å². The number of methoxy groups -OCH3 is 2. The van der Waals surface area contributed by atoms with Crippen LogP contribution >= 0.6 is 12.2 Å². The molecule has 1 atom stereocenters. The first kappa shape index (κ1) is 24.7. The molecule has 2 rings (SSSR count). The second kappa shape index (κ2) is 11.7. The molecule has 12 heteroatoms. The number of halogens is 2. The molecule has 0 aromatic heterocycles. The van der Waals surface area contributed by atoms with E-state index in [0.29, 0.717) is 19.5 Å². The summed E-state index contributed by atoms with van der Waals surface area (Å²) in [6, 6.07) is 2.21. The minimum Gasteiger partial charge on any atom is -0.474 e. The van der Waals surface area contributed by atoms with Gasteiger partial charge in [-0.1, -0.05) is 0 Å². The second-order valence-electron chi connectivity index (χ2n) is 6.81. The molecule has 0 radical (unpaired) electrons. The zero-order chi connectivity index (χ0) is 23.0. The number of benzene rings is 1. The Morgan fingerprint density at radius 2 is 2.00 bits per heavy atom. The predicted octanol–water partition coefficient (Wildman–Crippen LogP) is 0.637. The molecule has 2 N–H and O–H groups in total. The van der Waals surface area contributed by atoms with Gasteiger partial charge >= 0.3 is 0 Å². The lowest BCUT2D eigenvalue weighted by atomic mass is 10.2. The Bertz CT molecular complexity index is 778. The van der Waals surface area contributed by atoms with E-state index in [1.165, 1.54) is 31.1 Å². The number of thiocarbonyl (C=S) groups is 1. The van der Waals surface area contributed by atoms with Crippen LogP contribution in [-0.4, -0.2) is 82.1 Å². The van der Waals surface area contributed by atoms with Gasteiger partial charge in [-0.15, -0.1) is 0 Å². The number of hydrazine groups is 1. The molecule has 0 unspecified atom stereocenters. The monoisotopic (exact) mass is 459 g/mol. The zero-order valence-electron chi connectivity index (χ0n) is 17.7. The van der Waals surface area contributed by atoms with Crippen molar-refractivity contribution in [1.82, 2.24) is 15.8 Å². The minimum absolute atomic E-state index is 0.0404. The third-order valence-corrected chi connectivity index (χ3v) is 5.14. The number of carbonyl (C=O) groups is 2. The molecule has 0 bridgehead atoms. The first-order valence-corrected chi connectivity index (χ1v) is 10.0. The van der Waals surface area contributed by atoms with Crippen LogP contribution in [0.4, 0.5) is 20.2 Å². The van der Waals surface area contributed by atoms with Crippen molar-refractivity contribution < 1.29 is 27.8 Å². The van der Waals surface area contributed by atoms with Crippen molar-refractivity contribution in [3.8, 4) is 0 Å². The number of anilines is 2. The van der Waals surface area contributed by atoms with Crippen molar-refractivity contribution >= 4 is 41.1 Å². The fourth-order valence-electron chi connectivity index (χ4n) is 3.16. The summed E-state index contributed by atoms with van der Waals surface area (Å²) in [6.45, 7) is 2.90. The molecule has 0 saturated carbocycles. The van der Waals surface area contributed by atoms with E-state index in [0.717, 1.165) is 17.0 Å². The molecule has 1 aliphatic heterocycles. The van der Waals surface area contributed by atoms with Gasteiger partial charge in [0.05, 0.1) is 26.3 Å². The summed E-state index contributed by atoms with van der Waals surface area (Å²) in [5.41, 5.74) is 2.78. The lowest BCUT2D eigenvalue weighted by Crippen LogP contribution is -2.42. The molecule has 1 aliphatic rings. The van der Waals surface area contributed by atoms with E-state index < -0.39 is 17.7 Å². The number of nitrogens with zero attached hydrogens (tertiary/aromatic N) is 3. The van der Waals surface area contributed by atoms with Crippen LogP contribution < -0.4 is 20.5 Å². The summed E-state index contributed by atoms with van der Waals surface area (Å²) in [5, 5.41) is 4.38. The maximum absolute atomic E-state index is 14.9. The van der Waals surface area contributed by atoms with Crippen LogP contribution in [0.5, 0.6) is 0 Å². The fourth-order valence-corrected chi connectivity index (χ4v) is 3.25. The highest BCUT2D eigenvalue weighted by Gasteiger charge is 2.24. The number of nitrogens with one attached hydrogen (secondary N) is 2. The van der Waals surface area contributed by atoms with E-state index in [2.05, 4.69) is 10.7 Å². The second-order valence-corrected chi connectivity index (χ2v) is 7.18. The third kappa shape index (κ3) is 6.71. The molecular weight excluding hydrogens is 432 g/mol. The Morgan fingerprint density at radius 3 is 2.55 bits per heavy atom. The lowest BCUT2D eigenvalue weighted by molar-refractivity contribution is -0.131. The Hall–Kier alpha value is -2.57. The SMILES string of the molecule is COC(=S)NC[C@@H](CN(C=O)c1cc(F)c(N2CCNN(C(C)=O)CC2)c(F)c1)OC. The highest BCUT2D eigenvalue weighted by atomic mass is 32.1. The summed E-state index contributed by atoms with van der Waals surface area (Å²) in [5.74, 6) is -1.77. The summed E-state index contributed by atoms with van der Waals surface area (Å²) in [6.07, 6.45) is -0.0202. The Morgan fingerprint density at radius 1 is 1.32 bits per heavy atom. The molecule has 172 valence electrons. The number of rotatable bonds is 8. The number of amides is 2. The van der Waals surface area contributed by atoms with E-state index in [4.69, 9.17) is 21.7 Å². The van der Waals surface area contributed by atoms with E-state index in [-0.39, 0.29) is 48.6 Å². The van der Waals surface area contributed by atoms with Crippen molar-refractivity contribution in [1.29, 1.82) is 0 Å². The molecule has 1 fully saturated rings. The Labute approximate surface area is 185 Å². The van der Waals surface area contributed by atoms with Crippen LogP contribution in [0.3, 0.4) is 0 Å². The van der Waals surface area contributed by atoms with Crippen LogP contribution in [0.1, 0.15) is 6.92 Å². The molecule has 1 heterocycles. The average molecular weight is 460 g/mol. The van der Waals surface area contributed by atoms with Crippen LogP contribution in [0.25, 0.3) is 0 Å². The minimum atomic E-state index is -0.800. The summed E-state index contributed by atoms with van der Waals surface area (Å²) in [4.78, 5) is 25.8. The van der Waals surface area contributed by atoms with Crippen molar-refractivity contribution in [2.45, 2.75) is 13.0 Å². The lowest BCUT2D eigenvalue weighted by Gasteiger charge is -2.27. The summed E-state index contributed by atoms with van der Waals surface area (Å²) < 4.78 is 39.9. The van der Waals surface area contributed by atoms with Crippen LogP contribution in [0, 0.1) is 11.6 Å².